The first-order valence-corrected chi connectivity index (χ1v) is 8.88. The molecule has 3 heteroatoms. The Labute approximate surface area is 140 Å². The average molecular weight is 361 g/mol. The molecule has 116 valence electrons. The van der Waals surface area contributed by atoms with Gasteiger partial charge < -0.3 is 10.0 Å². The smallest absolute Gasteiger partial charge is 0.144 e. The highest BCUT2D eigenvalue weighted by Crippen LogP contribution is 2.28. The van der Waals surface area contributed by atoms with Gasteiger partial charge in [-0.05, 0) is 37.0 Å². The van der Waals surface area contributed by atoms with Gasteiger partial charge in [-0.15, -0.1) is 0 Å². The van der Waals surface area contributed by atoms with Crippen LogP contribution in [0.15, 0.2) is 59.1 Å². The number of rotatable bonds is 4. The zero-order valence-electron chi connectivity index (χ0n) is 12.7. The molecular weight excluding hydrogens is 338 g/mol. The van der Waals surface area contributed by atoms with Gasteiger partial charge in [-0.1, -0.05) is 58.4 Å². The number of likely N-dealkylation sites (tertiary alicyclic amines) is 1. The van der Waals surface area contributed by atoms with E-state index in [0.717, 1.165) is 23.1 Å². The van der Waals surface area contributed by atoms with E-state index in [0.29, 0.717) is 0 Å². The van der Waals surface area contributed by atoms with Crippen molar-refractivity contribution in [2.24, 2.45) is 0 Å². The van der Waals surface area contributed by atoms with Crippen molar-refractivity contribution in [1.29, 1.82) is 0 Å². The molecule has 1 heterocycles. The average Bonchev–Trinajstić information content (AvgIpc) is 2.57. The van der Waals surface area contributed by atoms with Crippen molar-refractivity contribution < 1.29 is 10.0 Å². The van der Waals surface area contributed by atoms with Crippen molar-refractivity contribution in [3.63, 3.8) is 0 Å². The van der Waals surface area contributed by atoms with Crippen molar-refractivity contribution in [2.45, 2.75) is 31.4 Å². The summed E-state index contributed by atoms with van der Waals surface area (Å²) in [4.78, 5) is 1.51. The number of halogens is 1. The Kier molecular flexibility index (Phi) is 5.29. The summed E-state index contributed by atoms with van der Waals surface area (Å²) in [6.45, 7) is 2.29. The molecule has 0 spiro atoms. The Morgan fingerprint density at radius 1 is 0.818 bits per heavy atom. The van der Waals surface area contributed by atoms with Crippen LogP contribution in [-0.4, -0.2) is 18.2 Å². The van der Waals surface area contributed by atoms with Crippen molar-refractivity contribution in [3.05, 3.63) is 70.2 Å². The van der Waals surface area contributed by atoms with Crippen LogP contribution in [-0.2, 0) is 0 Å². The molecular formula is C19H23BrNO+. The van der Waals surface area contributed by atoms with Gasteiger partial charge in [0.2, 0.25) is 0 Å². The lowest BCUT2D eigenvalue weighted by Gasteiger charge is -2.34. The third-order valence-corrected chi connectivity index (χ3v) is 5.15. The SMILES string of the molecule is O[C@@H](c1ccc(Br)cc1)[C@H](c1ccccc1)[NH+]1CCCCC1. The lowest BCUT2D eigenvalue weighted by atomic mass is 9.93. The summed E-state index contributed by atoms with van der Waals surface area (Å²) in [7, 11) is 0. The summed E-state index contributed by atoms with van der Waals surface area (Å²) in [5.41, 5.74) is 2.23. The van der Waals surface area contributed by atoms with E-state index in [9.17, 15) is 5.11 Å². The van der Waals surface area contributed by atoms with Crippen LogP contribution in [0.1, 0.15) is 42.5 Å². The highest BCUT2D eigenvalue weighted by Gasteiger charge is 2.33. The molecule has 0 saturated carbocycles. The maximum absolute atomic E-state index is 11.0. The zero-order valence-corrected chi connectivity index (χ0v) is 14.3. The largest absolute Gasteiger partial charge is 0.382 e. The number of aliphatic hydroxyl groups is 1. The van der Waals surface area contributed by atoms with Crippen LogP contribution in [0.3, 0.4) is 0 Å². The first-order valence-electron chi connectivity index (χ1n) is 8.09. The molecule has 0 aliphatic carbocycles. The minimum atomic E-state index is -0.469. The summed E-state index contributed by atoms with van der Waals surface area (Å²) in [5.74, 6) is 0. The number of benzene rings is 2. The van der Waals surface area contributed by atoms with E-state index in [1.807, 2.05) is 30.3 Å². The molecule has 0 amide bonds. The Balaban J connectivity index is 1.91. The van der Waals surface area contributed by atoms with Crippen LogP contribution >= 0.6 is 15.9 Å². The molecule has 0 unspecified atom stereocenters. The van der Waals surface area contributed by atoms with Crippen LogP contribution in [0.5, 0.6) is 0 Å². The third-order valence-electron chi connectivity index (χ3n) is 4.62. The second kappa shape index (κ2) is 7.40. The van der Waals surface area contributed by atoms with Crippen molar-refractivity contribution in [1.82, 2.24) is 0 Å². The Morgan fingerprint density at radius 3 is 2.09 bits per heavy atom. The van der Waals surface area contributed by atoms with Crippen LogP contribution in [0.2, 0.25) is 0 Å². The number of nitrogens with one attached hydrogen (secondary N) is 1. The fraction of sp³-hybridized carbons (Fsp3) is 0.368. The summed E-state index contributed by atoms with van der Waals surface area (Å²) in [5, 5.41) is 11.0. The molecule has 2 N–H and O–H groups in total. The van der Waals surface area contributed by atoms with E-state index in [4.69, 9.17) is 0 Å². The number of quaternary nitrogens is 1. The van der Waals surface area contributed by atoms with Gasteiger partial charge in [0.25, 0.3) is 0 Å². The van der Waals surface area contributed by atoms with Crippen LogP contribution in [0, 0.1) is 0 Å². The second-order valence-electron chi connectivity index (χ2n) is 6.10. The molecule has 0 radical (unpaired) electrons. The number of piperidine rings is 1. The van der Waals surface area contributed by atoms with Crippen molar-refractivity contribution in [2.75, 3.05) is 13.1 Å². The molecule has 0 bridgehead atoms. The van der Waals surface area contributed by atoms with Crippen LogP contribution < -0.4 is 4.90 Å². The maximum atomic E-state index is 11.0. The molecule has 2 atom stereocenters. The molecule has 2 aromatic carbocycles. The van der Waals surface area contributed by atoms with Gasteiger partial charge in [-0.3, -0.25) is 0 Å². The summed E-state index contributed by atoms with van der Waals surface area (Å²) < 4.78 is 1.05. The van der Waals surface area contributed by atoms with E-state index >= 15 is 0 Å². The lowest BCUT2D eigenvalue weighted by Crippen LogP contribution is -3.13. The fourth-order valence-electron chi connectivity index (χ4n) is 3.47. The number of aliphatic hydroxyl groups excluding tert-OH is 1. The first kappa shape index (κ1) is 15.7. The van der Waals surface area contributed by atoms with Gasteiger partial charge in [0.15, 0.2) is 0 Å². The maximum Gasteiger partial charge on any atom is 0.144 e. The monoisotopic (exact) mass is 360 g/mol. The Hall–Kier alpha value is -1.16. The van der Waals surface area contributed by atoms with Crippen molar-refractivity contribution >= 4 is 15.9 Å². The molecule has 1 saturated heterocycles. The molecule has 22 heavy (non-hydrogen) atoms. The number of hydrogen-bond donors (Lipinski definition) is 2. The Morgan fingerprint density at radius 2 is 1.45 bits per heavy atom. The van der Waals surface area contributed by atoms with E-state index in [-0.39, 0.29) is 6.04 Å². The van der Waals surface area contributed by atoms with Crippen LogP contribution in [0.4, 0.5) is 0 Å². The van der Waals surface area contributed by atoms with E-state index < -0.39 is 6.10 Å². The molecule has 2 nitrogen and oxygen atoms in total. The van der Waals surface area contributed by atoms with Gasteiger partial charge in [0.05, 0.1) is 13.1 Å². The molecule has 1 aliphatic heterocycles. The van der Waals surface area contributed by atoms with Gasteiger partial charge in [-0.2, -0.15) is 0 Å². The third kappa shape index (κ3) is 3.60. The van der Waals surface area contributed by atoms with Gasteiger partial charge in [0.1, 0.15) is 12.1 Å². The number of hydrogen-bond acceptors (Lipinski definition) is 1. The summed E-state index contributed by atoms with van der Waals surface area (Å²) in [6.07, 6.45) is 3.36. The Bertz CT molecular complexity index is 578. The molecule has 0 aromatic heterocycles. The summed E-state index contributed by atoms with van der Waals surface area (Å²) >= 11 is 3.47. The normalized spacial score (nSPS) is 18.8. The fourth-order valence-corrected chi connectivity index (χ4v) is 3.74. The predicted octanol–water partition coefficient (Wildman–Crippen LogP) is 3.29. The molecule has 1 fully saturated rings. The van der Waals surface area contributed by atoms with Crippen molar-refractivity contribution in [3.8, 4) is 0 Å². The summed E-state index contributed by atoms with van der Waals surface area (Å²) in [6, 6.07) is 18.6. The highest BCUT2D eigenvalue weighted by atomic mass is 79.9. The van der Waals surface area contributed by atoms with Gasteiger partial charge >= 0.3 is 0 Å². The topological polar surface area (TPSA) is 24.7 Å². The molecule has 2 aromatic rings. The lowest BCUT2D eigenvalue weighted by molar-refractivity contribution is -0.941. The van der Waals surface area contributed by atoms with E-state index in [2.05, 4.69) is 40.2 Å². The molecule has 1 aliphatic rings. The van der Waals surface area contributed by atoms with Crippen LogP contribution in [0.25, 0.3) is 0 Å². The van der Waals surface area contributed by atoms with Gasteiger partial charge in [0, 0.05) is 10.0 Å². The second-order valence-corrected chi connectivity index (χ2v) is 7.02. The quantitative estimate of drug-likeness (QED) is 0.858. The first-order chi connectivity index (χ1) is 10.8. The van der Waals surface area contributed by atoms with Gasteiger partial charge in [-0.25, -0.2) is 0 Å². The predicted molar refractivity (Wildman–Crippen MR) is 92.8 cm³/mol. The zero-order chi connectivity index (χ0) is 15.4. The minimum absolute atomic E-state index is 0.114. The van der Waals surface area contributed by atoms with E-state index in [1.165, 1.54) is 29.7 Å². The molecule has 3 rings (SSSR count). The highest BCUT2D eigenvalue weighted by molar-refractivity contribution is 9.10. The van der Waals surface area contributed by atoms with E-state index in [1.54, 1.807) is 0 Å². The minimum Gasteiger partial charge on any atom is -0.382 e. The standard InChI is InChI=1S/C19H22BrNO/c20-17-11-9-16(10-12-17)19(22)18(15-7-3-1-4-8-15)21-13-5-2-6-14-21/h1,3-4,7-12,18-19,22H,2,5-6,13-14H2/p+1/t18-,19-/m0/s1.